The summed E-state index contributed by atoms with van der Waals surface area (Å²) in [5.41, 5.74) is 2.37. The second-order valence-electron chi connectivity index (χ2n) is 7.99. The SMILES string of the molecule is COc1ccc(C(=O)Nc2nc(CC(=O)N3CCN(Cc4ccccc4)CC3)cs2)cc1OC. The van der Waals surface area contributed by atoms with Crippen molar-refractivity contribution >= 4 is 28.3 Å². The van der Waals surface area contributed by atoms with Crippen LogP contribution in [0.5, 0.6) is 11.5 Å². The highest BCUT2D eigenvalue weighted by Crippen LogP contribution is 2.28. The molecule has 2 aromatic carbocycles. The predicted octanol–water partition coefficient (Wildman–Crippen LogP) is 3.30. The van der Waals surface area contributed by atoms with Crippen LogP contribution in [0, 0.1) is 0 Å². The van der Waals surface area contributed by atoms with Crippen LogP contribution in [-0.2, 0) is 17.8 Å². The van der Waals surface area contributed by atoms with Gasteiger partial charge in [-0.05, 0) is 23.8 Å². The van der Waals surface area contributed by atoms with Gasteiger partial charge in [0.25, 0.3) is 5.91 Å². The van der Waals surface area contributed by atoms with Crippen LogP contribution in [-0.4, -0.2) is 67.0 Å². The molecular formula is C25H28N4O4S. The molecule has 34 heavy (non-hydrogen) atoms. The maximum Gasteiger partial charge on any atom is 0.257 e. The Morgan fingerprint density at radius 1 is 1.00 bits per heavy atom. The van der Waals surface area contributed by atoms with E-state index >= 15 is 0 Å². The van der Waals surface area contributed by atoms with Crippen molar-refractivity contribution in [2.45, 2.75) is 13.0 Å². The fourth-order valence-corrected chi connectivity index (χ4v) is 4.56. The standard InChI is InChI=1S/C25H28N4O4S/c1-32-21-9-8-19(14-22(21)33-2)24(31)27-25-26-20(17-34-25)15-23(30)29-12-10-28(11-13-29)16-18-6-4-3-5-7-18/h3-9,14,17H,10-13,15-16H2,1-2H3,(H,26,27,31). The maximum atomic E-state index is 12.8. The van der Waals surface area contributed by atoms with Crippen LogP contribution >= 0.6 is 11.3 Å². The number of carbonyl (C=O) groups is 2. The number of hydrogen-bond acceptors (Lipinski definition) is 7. The van der Waals surface area contributed by atoms with E-state index in [-0.39, 0.29) is 18.2 Å². The molecule has 0 saturated carbocycles. The number of nitrogens with one attached hydrogen (secondary N) is 1. The van der Waals surface area contributed by atoms with E-state index in [1.165, 1.54) is 24.0 Å². The number of methoxy groups -OCH3 is 2. The lowest BCUT2D eigenvalue weighted by Gasteiger charge is -2.34. The van der Waals surface area contributed by atoms with Gasteiger partial charge in [-0.25, -0.2) is 4.98 Å². The van der Waals surface area contributed by atoms with Crippen LogP contribution in [0.2, 0.25) is 0 Å². The minimum Gasteiger partial charge on any atom is -0.493 e. The number of aromatic nitrogens is 1. The highest BCUT2D eigenvalue weighted by molar-refractivity contribution is 7.14. The van der Waals surface area contributed by atoms with Crippen LogP contribution in [0.15, 0.2) is 53.9 Å². The van der Waals surface area contributed by atoms with E-state index in [1.807, 2.05) is 28.5 Å². The molecule has 2 amide bonds. The van der Waals surface area contributed by atoms with Gasteiger partial charge in [-0.2, -0.15) is 0 Å². The Morgan fingerprint density at radius 3 is 2.44 bits per heavy atom. The van der Waals surface area contributed by atoms with Crippen molar-refractivity contribution in [3.63, 3.8) is 0 Å². The Bertz CT molecular complexity index is 1130. The van der Waals surface area contributed by atoms with Gasteiger partial charge in [0.05, 0.1) is 26.3 Å². The molecular weight excluding hydrogens is 452 g/mol. The monoisotopic (exact) mass is 480 g/mol. The first kappa shape index (κ1) is 23.7. The number of rotatable bonds is 8. The molecule has 1 N–H and O–H groups in total. The average Bonchev–Trinajstić information content (AvgIpc) is 3.31. The summed E-state index contributed by atoms with van der Waals surface area (Å²) >= 11 is 1.30. The molecule has 1 aliphatic rings. The molecule has 178 valence electrons. The highest BCUT2D eigenvalue weighted by atomic mass is 32.1. The summed E-state index contributed by atoms with van der Waals surface area (Å²) in [6, 6.07) is 15.3. The predicted molar refractivity (Wildman–Crippen MR) is 132 cm³/mol. The van der Waals surface area contributed by atoms with E-state index in [0.717, 1.165) is 19.6 Å². The normalized spacial score (nSPS) is 14.0. The summed E-state index contributed by atoms with van der Waals surface area (Å²) in [6.07, 6.45) is 0.224. The maximum absolute atomic E-state index is 12.8. The van der Waals surface area contributed by atoms with Gasteiger partial charge in [0, 0.05) is 43.7 Å². The van der Waals surface area contributed by atoms with Crippen LogP contribution < -0.4 is 14.8 Å². The molecule has 1 saturated heterocycles. The third-order valence-electron chi connectivity index (χ3n) is 5.72. The number of benzene rings is 2. The molecule has 9 heteroatoms. The van der Waals surface area contributed by atoms with E-state index in [2.05, 4.69) is 27.3 Å². The van der Waals surface area contributed by atoms with Crippen molar-refractivity contribution in [3.05, 3.63) is 70.7 Å². The zero-order chi connectivity index (χ0) is 23.9. The first-order valence-electron chi connectivity index (χ1n) is 11.1. The fourth-order valence-electron chi connectivity index (χ4n) is 3.86. The average molecular weight is 481 g/mol. The Hall–Kier alpha value is -3.43. The fraction of sp³-hybridized carbons (Fsp3) is 0.320. The van der Waals surface area contributed by atoms with Gasteiger partial charge in [0.2, 0.25) is 5.91 Å². The molecule has 1 fully saturated rings. The van der Waals surface area contributed by atoms with E-state index in [4.69, 9.17) is 9.47 Å². The smallest absolute Gasteiger partial charge is 0.257 e. The van der Waals surface area contributed by atoms with E-state index < -0.39 is 0 Å². The third kappa shape index (κ3) is 5.92. The summed E-state index contributed by atoms with van der Waals surface area (Å²) in [4.78, 5) is 34.1. The molecule has 8 nitrogen and oxygen atoms in total. The van der Waals surface area contributed by atoms with Gasteiger partial charge >= 0.3 is 0 Å². The van der Waals surface area contributed by atoms with Crippen molar-refractivity contribution in [2.75, 3.05) is 45.7 Å². The summed E-state index contributed by atoms with van der Waals surface area (Å²) < 4.78 is 10.5. The zero-order valence-electron chi connectivity index (χ0n) is 19.3. The van der Waals surface area contributed by atoms with Crippen molar-refractivity contribution in [1.29, 1.82) is 0 Å². The van der Waals surface area contributed by atoms with Crippen LogP contribution in [0.1, 0.15) is 21.6 Å². The number of thiazole rings is 1. The second-order valence-corrected chi connectivity index (χ2v) is 8.85. The topological polar surface area (TPSA) is 84.0 Å². The number of amides is 2. The third-order valence-corrected chi connectivity index (χ3v) is 6.53. The molecule has 3 aromatic rings. The minimum atomic E-state index is -0.303. The lowest BCUT2D eigenvalue weighted by Crippen LogP contribution is -2.48. The van der Waals surface area contributed by atoms with Gasteiger partial charge in [0.1, 0.15) is 0 Å². The first-order chi connectivity index (χ1) is 16.6. The zero-order valence-corrected chi connectivity index (χ0v) is 20.1. The van der Waals surface area contributed by atoms with Gasteiger partial charge < -0.3 is 14.4 Å². The number of piperazine rings is 1. The van der Waals surface area contributed by atoms with Crippen LogP contribution in [0.4, 0.5) is 5.13 Å². The molecule has 0 radical (unpaired) electrons. The summed E-state index contributed by atoms with van der Waals surface area (Å²) in [5.74, 6) is 0.782. The number of anilines is 1. The molecule has 0 unspecified atom stereocenters. The minimum absolute atomic E-state index is 0.0578. The number of nitrogens with zero attached hydrogens (tertiary/aromatic N) is 3. The number of carbonyl (C=O) groups excluding carboxylic acids is 2. The largest absolute Gasteiger partial charge is 0.493 e. The van der Waals surface area contributed by atoms with E-state index in [9.17, 15) is 9.59 Å². The lowest BCUT2D eigenvalue weighted by molar-refractivity contribution is -0.132. The number of ether oxygens (including phenoxy) is 2. The van der Waals surface area contributed by atoms with Crippen molar-refractivity contribution in [3.8, 4) is 11.5 Å². The molecule has 1 aromatic heterocycles. The van der Waals surface area contributed by atoms with Crippen molar-refractivity contribution < 1.29 is 19.1 Å². The molecule has 0 atom stereocenters. The van der Waals surface area contributed by atoms with Crippen LogP contribution in [0.25, 0.3) is 0 Å². The Morgan fingerprint density at radius 2 is 1.74 bits per heavy atom. The van der Waals surface area contributed by atoms with E-state index in [1.54, 1.807) is 25.3 Å². The molecule has 1 aliphatic heterocycles. The summed E-state index contributed by atoms with van der Waals surface area (Å²) in [7, 11) is 3.06. The quantitative estimate of drug-likeness (QED) is 0.533. The summed E-state index contributed by atoms with van der Waals surface area (Å²) in [5, 5.41) is 5.06. The molecule has 0 bridgehead atoms. The van der Waals surface area contributed by atoms with Gasteiger partial charge in [0.15, 0.2) is 16.6 Å². The second kappa shape index (κ2) is 11.1. The molecule has 0 aliphatic carbocycles. The molecule has 2 heterocycles. The first-order valence-corrected chi connectivity index (χ1v) is 12.0. The Kier molecular flexibility index (Phi) is 7.76. The highest BCUT2D eigenvalue weighted by Gasteiger charge is 2.22. The number of hydrogen-bond donors (Lipinski definition) is 1. The van der Waals surface area contributed by atoms with Gasteiger partial charge in [-0.3, -0.25) is 19.8 Å². The van der Waals surface area contributed by atoms with Crippen LogP contribution in [0.3, 0.4) is 0 Å². The Labute approximate surface area is 203 Å². The molecule has 4 rings (SSSR count). The Balaban J connectivity index is 1.27. The van der Waals surface area contributed by atoms with Gasteiger partial charge in [-0.1, -0.05) is 30.3 Å². The van der Waals surface area contributed by atoms with Crippen molar-refractivity contribution in [1.82, 2.24) is 14.8 Å². The molecule has 0 spiro atoms. The van der Waals surface area contributed by atoms with Crippen molar-refractivity contribution in [2.24, 2.45) is 0 Å². The lowest BCUT2D eigenvalue weighted by atomic mass is 10.2. The van der Waals surface area contributed by atoms with Gasteiger partial charge in [-0.15, -0.1) is 11.3 Å². The summed E-state index contributed by atoms with van der Waals surface area (Å²) in [6.45, 7) is 4.02. The van der Waals surface area contributed by atoms with E-state index in [0.29, 0.717) is 41.0 Å².